The van der Waals surface area contributed by atoms with Crippen molar-refractivity contribution in [2.45, 2.75) is 0 Å². The van der Waals surface area contributed by atoms with Gasteiger partial charge in [0.25, 0.3) is 0 Å². The lowest BCUT2D eigenvalue weighted by molar-refractivity contribution is 0.0696. The van der Waals surface area contributed by atoms with Crippen LogP contribution in [0.4, 0.5) is 0 Å². The van der Waals surface area contributed by atoms with Crippen LogP contribution in [0.25, 0.3) is 11.3 Å². The van der Waals surface area contributed by atoms with Crippen LogP contribution >= 0.6 is 0 Å². The van der Waals surface area contributed by atoms with E-state index in [1.54, 1.807) is 18.2 Å². The van der Waals surface area contributed by atoms with Crippen LogP contribution in [0.1, 0.15) is 10.4 Å². The fourth-order valence-electron chi connectivity index (χ4n) is 1.51. The Bertz CT molecular complexity index is 630. The molecule has 0 aliphatic heterocycles. The van der Waals surface area contributed by atoms with Gasteiger partial charge in [-0.15, -0.1) is 0 Å². The van der Waals surface area contributed by atoms with Gasteiger partial charge in [-0.3, -0.25) is 4.79 Å². The lowest BCUT2D eigenvalue weighted by Gasteiger charge is -2.04. The van der Waals surface area contributed by atoms with Crippen LogP contribution < -0.4 is 5.56 Å². The Balaban J connectivity index is 2.64. The summed E-state index contributed by atoms with van der Waals surface area (Å²) in [5, 5.41) is 18.4. The van der Waals surface area contributed by atoms with Crippen LogP contribution in [0.15, 0.2) is 41.2 Å². The second-order valence-corrected chi connectivity index (χ2v) is 3.47. The number of nitrogens with one attached hydrogen (secondary N) is 1. The molecule has 1 aromatic heterocycles. The lowest BCUT2D eigenvalue weighted by Crippen LogP contribution is -2.10. The van der Waals surface area contributed by atoms with Crippen LogP contribution in [-0.2, 0) is 0 Å². The third kappa shape index (κ3) is 2.17. The van der Waals surface area contributed by atoms with Crippen LogP contribution in [0, 0.1) is 0 Å². The Morgan fingerprint density at radius 1 is 1.18 bits per heavy atom. The molecule has 3 N–H and O–H groups in total. The average molecular weight is 231 g/mol. The predicted molar refractivity (Wildman–Crippen MR) is 61.1 cm³/mol. The summed E-state index contributed by atoms with van der Waals surface area (Å²) in [6.45, 7) is 0. The summed E-state index contributed by atoms with van der Waals surface area (Å²) in [6, 6.07) is 8.66. The Morgan fingerprint density at radius 3 is 2.53 bits per heavy atom. The summed E-state index contributed by atoms with van der Waals surface area (Å²) in [5.41, 5.74) is 0.0101. The number of aromatic nitrogens is 1. The van der Waals surface area contributed by atoms with E-state index in [9.17, 15) is 14.7 Å². The van der Waals surface area contributed by atoms with Gasteiger partial charge in [-0.25, -0.2) is 4.79 Å². The first-order chi connectivity index (χ1) is 8.08. The van der Waals surface area contributed by atoms with Crippen LogP contribution in [0.3, 0.4) is 0 Å². The van der Waals surface area contributed by atoms with Crippen molar-refractivity contribution in [1.29, 1.82) is 0 Å². The number of hydrogen-bond acceptors (Lipinski definition) is 3. The minimum Gasteiger partial charge on any atom is -0.507 e. The first-order valence-corrected chi connectivity index (χ1v) is 4.84. The monoisotopic (exact) mass is 231 g/mol. The number of rotatable bonds is 2. The molecule has 0 aliphatic rings. The SMILES string of the molecule is O=C(O)c1cc(-c2ccccc2O)[nH]c(=O)c1. The van der Waals surface area contributed by atoms with E-state index in [-0.39, 0.29) is 17.0 Å². The van der Waals surface area contributed by atoms with Crippen molar-refractivity contribution in [2.24, 2.45) is 0 Å². The van der Waals surface area contributed by atoms with E-state index >= 15 is 0 Å². The molecule has 1 aromatic carbocycles. The summed E-state index contributed by atoms with van der Waals surface area (Å²) in [6.07, 6.45) is 0. The number of phenolic OH excluding ortho intramolecular Hbond substituents is 1. The number of pyridine rings is 1. The molecule has 0 atom stereocenters. The van der Waals surface area contributed by atoms with Crippen molar-refractivity contribution in [3.05, 3.63) is 52.3 Å². The molecule has 1 heterocycles. The topological polar surface area (TPSA) is 90.4 Å². The number of aromatic carboxylic acids is 1. The highest BCUT2D eigenvalue weighted by molar-refractivity contribution is 5.89. The number of carboxylic acid groups (broad SMARTS) is 1. The second-order valence-electron chi connectivity index (χ2n) is 3.47. The third-order valence-corrected chi connectivity index (χ3v) is 2.29. The molecule has 0 fully saturated rings. The molecule has 5 nitrogen and oxygen atoms in total. The van der Waals surface area contributed by atoms with Gasteiger partial charge in [0.15, 0.2) is 0 Å². The van der Waals surface area contributed by atoms with Gasteiger partial charge in [-0.2, -0.15) is 0 Å². The summed E-state index contributed by atoms with van der Waals surface area (Å²) in [7, 11) is 0. The first-order valence-electron chi connectivity index (χ1n) is 4.84. The standard InChI is InChI=1S/C12H9NO4/c14-10-4-2-1-3-8(10)9-5-7(12(16)17)6-11(15)13-9/h1-6,14H,(H,13,15)(H,16,17). The molecule has 0 unspecified atom stereocenters. The van der Waals surface area contributed by atoms with Crippen molar-refractivity contribution in [1.82, 2.24) is 4.98 Å². The van der Waals surface area contributed by atoms with Crippen molar-refractivity contribution < 1.29 is 15.0 Å². The van der Waals surface area contributed by atoms with Gasteiger partial charge in [-0.05, 0) is 18.2 Å². The fourth-order valence-corrected chi connectivity index (χ4v) is 1.51. The molecule has 0 amide bonds. The molecular formula is C12H9NO4. The summed E-state index contributed by atoms with van der Waals surface area (Å²) in [5.74, 6) is -1.21. The van der Waals surface area contributed by atoms with Crippen LogP contribution in [-0.4, -0.2) is 21.2 Å². The molecule has 5 heteroatoms. The number of aromatic amines is 1. The van der Waals surface area contributed by atoms with Gasteiger partial charge < -0.3 is 15.2 Å². The molecule has 0 bridgehead atoms. The Kier molecular flexibility index (Phi) is 2.66. The number of phenols is 1. The summed E-state index contributed by atoms with van der Waals surface area (Å²) < 4.78 is 0. The van der Waals surface area contributed by atoms with Gasteiger partial charge in [0.2, 0.25) is 5.56 Å². The van der Waals surface area contributed by atoms with E-state index in [0.717, 1.165) is 6.07 Å². The second kappa shape index (κ2) is 4.13. The number of aromatic hydroxyl groups is 1. The number of H-pyrrole nitrogens is 1. The molecule has 0 radical (unpaired) electrons. The third-order valence-electron chi connectivity index (χ3n) is 2.29. The van der Waals surface area contributed by atoms with Crippen molar-refractivity contribution in [3.8, 4) is 17.0 Å². The maximum absolute atomic E-state index is 11.3. The van der Waals surface area contributed by atoms with Gasteiger partial charge >= 0.3 is 5.97 Å². The van der Waals surface area contributed by atoms with Crippen LogP contribution in [0.5, 0.6) is 5.75 Å². The molecule has 0 saturated carbocycles. The van der Waals surface area contributed by atoms with Crippen molar-refractivity contribution in [2.75, 3.05) is 0 Å². The number of carbonyl (C=O) groups is 1. The zero-order valence-electron chi connectivity index (χ0n) is 8.68. The normalized spacial score (nSPS) is 10.1. The van der Waals surface area contributed by atoms with Crippen molar-refractivity contribution >= 4 is 5.97 Å². The van der Waals surface area contributed by atoms with E-state index < -0.39 is 11.5 Å². The molecule has 2 rings (SSSR count). The lowest BCUT2D eigenvalue weighted by atomic mass is 10.1. The van der Waals surface area contributed by atoms with E-state index in [1.165, 1.54) is 12.1 Å². The fraction of sp³-hybridized carbons (Fsp3) is 0. The summed E-state index contributed by atoms with van der Waals surface area (Å²) in [4.78, 5) is 24.6. The highest BCUT2D eigenvalue weighted by Crippen LogP contribution is 2.26. The Labute approximate surface area is 96.0 Å². The van der Waals surface area contributed by atoms with Crippen LogP contribution in [0.2, 0.25) is 0 Å². The molecule has 2 aromatic rings. The highest BCUT2D eigenvalue weighted by Gasteiger charge is 2.09. The zero-order chi connectivity index (χ0) is 12.4. The highest BCUT2D eigenvalue weighted by atomic mass is 16.4. The molecule has 0 spiro atoms. The minimum atomic E-state index is -1.19. The average Bonchev–Trinajstić information content (AvgIpc) is 2.28. The van der Waals surface area contributed by atoms with Crippen molar-refractivity contribution in [3.63, 3.8) is 0 Å². The van der Waals surface area contributed by atoms with E-state index in [1.807, 2.05) is 0 Å². The number of para-hydroxylation sites is 1. The quantitative estimate of drug-likeness (QED) is 0.729. The van der Waals surface area contributed by atoms with Gasteiger partial charge in [0.1, 0.15) is 5.75 Å². The predicted octanol–water partition coefficient (Wildman–Crippen LogP) is 1.45. The minimum absolute atomic E-state index is 0.0225. The Hall–Kier alpha value is -2.56. The largest absolute Gasteiger partial charge is 0.507 e. The number of carboxylic acids is 1. The van der Waals surface area contributed by atoms with Gasteiger partial charge in [0.05, 0.1) is 11.3 Å². The molecule has 17 heavy (non-hydrogen) atoms. The van der Waals surface area contributed by atoms with E-state index in [2.05, 4.69) is 4.98 Å². The summed E-state index contributed by atoms with van der Waals surface area (Å²) >= 11 is 0. The van der Waals surface area contributed by atoms with Gasteiger partial charge in [0, 0.05) is 11.6 Å². The van der Waals surface area contributed by atoms with Gasteiger partial charge in [-0.1, -0.05) is 12.1 Å². The number of benzene rings is 1. The van der Waals surface area contributed by atoms with E-state index in [0.29, 0.717) is 5.56 Å². The number of hydrogen-bond donors (Lipinski definition) is 3. The smallest absolute Gasteiger partial charge is 0.335 e. The molecular weight excluding hydrogens is 222 g/mol. The maximum atomic E-state index is 11.3. The molecule has 86 valence electrons. The maximum Gasteiger partial charge on any atom is 0.335 e. The first kappa shape index (κ1) is 10.9. The van der Waals surface area contributed by atoms with E-state index in [4.69, 9.17) is 5.11 Å². The molecule has 0 saturated heterocycles. The zero-order valence-corrected chi connectivity index (χ0v) is 8.68. The molecule has 0 aliphatic carbocycles. The Morgan fingerprint density at radius 2 is 1.88 bits per heavy atom.